The smallest absolute Gasteiger partial charge is 0.253 e. The number of nitrogens with zero attached hydrogens (tertiary/aromatic N) is 1. The molecule has 2 atom stereocenters. The predicted molar refractivity (Wildman–Crippen MR) is 86.0 cm³/mol. The minimum Gasteiger partial charge on any atom is -0.498 e. The van der Waals surface area contributed by atoms with Crippen LogP contribution in [0.2, 0.25) is 0 Å². The largest absolute Gasteiger partial charge is 0.498 e. The van der Waals surface area contributed by atoms with E-state index in [1.807, 2.05) is 31.2 Å². The first-order chi connectivity index (χ1) is 11.1. The molecule has 5 nitrogen and oxygen atoms in total. The number of amides is 1. The van der Waals surface area contributed by atoms with Crippen LogP contribution in [0.25, 0.3) is 0 Å². The zero-order valence-electron chi connectivity index (χ0n) is 13.6. The van der Waals surface area contributed by atoms with E-state index in [1.165, 1.54) is 0 Å². The average molecular weight is 317 g/mol. The molecule has 23 heavy (non-hydrogen) atoms. The molecule has 3 rings (SSSR count). The number of rotatable bonds is 3. The van der Waals surface area contributed by atoms with E-state index >= 15 is 0 Å². The maximum atomic E-state index is 12.9. The van der Waals surface area contributed by atoms with Gasteiger partial charge in [-0.1, -0.05) is 12.1 Å². The average Bonchev–Trinajstić information content (AvgIpc) is 2.96. The molecule has 2 aliphatic rings. The Morgan fingerprint density at radius 1 is 1.43 bits per heavy atom. The highest BCUT2D eigenvalue weighted by Gasteiger charge is 2.37. The second-order valence-electron chi connectivity index (χ2n) is 6.13. The molecule has 5 heteroatoms. The Morgan fingerprint density at radius 3 is 3.00 bits per heavy atom. The third-order valence-corrected chi connectivity index (χ3v) is 4.59. The Morgan fingerprint density at radius 2 is 2.26 bits per heavy atom. The van der Waals surface area contributed by atoms with Crippen LogP contribution in [0.1, 0.15) is 37.8 Å². The van der Waals surface area contributed by atoms with Crippen molar-refractivity contribution >= 4 is 5.91 Å². The van der Waals surface area contributed by atoms with Crippen molar-refractivity contribution in [1.82, 2.24) is 4.90 Å². The van der Waals surface area contributed by atoms with Gasteiger partial charge in [0.2, 0.25) is 0 Å². The van der Waals surface area contributed by atoms with Crippen molar-refractivity contribution in [3.8, 4) is 5.75 Å². The molecule has 124 valence electrons. The van der Waals surface area contributed by atoms with Gasteiger partial charge in [0.25, 0.3) is 5.91 Å². The molecular formula is C18H23NO4. The van der Waals surface area contributed by atoms with Gasteiger partial charge in [0.05, 0.1) is 31.4 Å². The van der Waals surface area contributed by atoms with Crippen molar-refractivity contribution in [2.75, 3.05) is 20.3 Å². The van der Waals surface area contributed by atoms with Crippen LogP contribution in [0, 0.1) is 0 Å². The summed E-state index contributed by atoms with van der Waals surface area (Å²) in [6, 6.07) is 7.57. The molecule has 1 N–H and O–H groups in total. The summed E-state index contributed by atoms with van der Waals surface area (Å²) in [5.74, 6) is 1.45. The Labute approximate surface area is 136 Å². The quantitative estimate of drug-likeness (QED) is 0.930. The third kappa shape index (κ3) is 3.20. The van der Waals surface area contributed by atoms with Gasteiger partial charge in [0.1, 0.15) is 11.5 Å². The molecule has 0 unspecified atom stereocenters. The van der Waals surface area contributed by atoms with Crippen LogP contribution in [0.5, 0.6) is 5.75 Å². The number of β-amino-alcohol motifs (C(OH)–C–C–N with tert-alkyl or cyclic N) is 1. The molecular weight excluding hydrogens is 294 g/mol. The summed E-state index contributed by atoms with van der Waals surface area (Å²) >= 11 is 0. The molecule has 1 saturated heterocycles. The molecule has 2 aliphatic heterocycles. The molecule has 1 amide bonds. The fourth-order valence-corrected chi connectivity index (χ4v) is 3.37. The first-order valence-corrected chi connectivity index (χ1v) is 8.05. The lowest BCUT2D eigenvalue weighted by molar-refractivity contribution is -0.129. The molecule has 0 spiro atoms. The zero-order chi connectivity index (χ0) is 16.4. The highest BCUT2D eigenvalue weighted by atomic mass is 16.5. The minimum absolute atomic E-state index is 0.0217. The zero-order valence-corrected chi connectivity index (χ0v) is 13.6. The van der Waals surface area contributed by atoms with Crippen LogP contribution in [0.4, 0.5) is 0 Å². The number of allylic oxidation sites excluding steroid dienone is 1. The van der Waals surface area contributed by atoms with Gasteiger partial charge in [0.15, 0.2) is 0 Å². The van der Waals surface area contributed by atoms with Gasteiger partial charge in [-0.15, -0.1) is 0 Å². The van der Waals surface area contributed by atoms with Crippen LogP contribution < -0.4 is 4.74 Å². The molecule has 0 aromatic heterocycles. The Balaban J connectivity index is 1.89. The SMILES string of the molecule is COc1cccc([C@H]2C[C@@H](O)CN2C(=O)C2=C(C)OCCC2)c1. The number of hydrogen-bond acceptors (Lipinski definition) is 4. The van der Waals surface area contributed by atoms with E-state index in [0.29, 0.717) is 25.3 Å². The Hall–Kier alpha value is -2.01. The number of hydrogen-bond donors (Lipinski definition) is 1. The molecule has 1 aromatic rings. The Kier molecular flexibility index (Phi) is 4.57. The maximum absolute atomic E-state index is 12.9. The number of ether oxygens (including phenoxy) is 2. The monoisotopic (exact) mass is 317 g/mol. The van der Waals surface area contributed by atoms with E-state index in [1.54, 1.807) is 12.0 Å². The highest BCUT2D eigenvalue weighted by molar-refractivity contribution is 5.94. The first kappa shape index (κ1) is 15.9. The first-order valence-electron chi connectivity index (χ1n) is 8.05. The number of likely N-dealkylation sites (tertiary alicyclic amines) is 1. The van der Waals surface area contributed by atoms with Gasteiger partial charge in [-0.2, -0.15) is 0 Å². The summed E-state index contributed by atoms with van der Waals surface area (Å²) in [7, 11) is 1.62. The number of methoxy groups -OCH3 is 1. The van der Waals surface area contributed by atoms with Crippen molar-refractivity contribution in [2.24, 2.45) is 0 Å². The van der Waals surface area contributed by atoms with Gasteiger partial charge in [-0.25, -0.2) is 0 Å². The van der Waals surface area contributed by atoms with Crippen molar-refractivity contribution in [3.63, 3.8) is 0 Å². The number of carbonyl (C=O) groups excluding carboxylic acids is 1. The maximum Gasteiger partial charge on any atom is 0.253 e. The lowest BCUT2D eigenvalue weighted by Gasteiger charge is -2.28. The lowest BCUT2D eigenvalue weighted by atomic mass is 10.0. The minimum atomic E-state index is -0.499. The molecule has 0 aliphatic carbocycles. The second-order valence-corrected chi connectivity index (χ2v) is 6.13. The van der Waals surface area contributed by atoms with Crippen molar-refractivity contribution in [1.29, 1.82) is 0 Å². The number of benzene rings is 1. The summed E-state index contributed by atoms with van der Waals surface area (Å²) in [5, 5.41) is 10.1. The topological polar surface area (TPSA) is 59.0 Å². The number of aliphatic hydroxyl groups excluding tert-OH is 1. The lowest BCUT2D eigenvalue weighted by Crippen LogP contribution is -2.34. The van der Waals surface area contributed by atoms with Crippen LogP contribution >= 0.6 is 0 Å². The molecule has 1 fully saturated rings. The highest BCUT2D eigenvalue weighted by Crippen LogP contribution is 2.36. The van der Waals surface area contributed by atoms with Gasteiger partial charge in [0, 0.05) is 6.54 Å². The molecule has 0 bridgehead atoms. The van der Waals surface area contributed by atoms with Gasteiger partial charge in [-0.3, -0.25) is 4.79 Å². The van der Waals surface area contributed by atoms with E-state index in [-0.39, 0.29) is 11.9 Å². The van der Waals surface area contributed by atoms with Crippen molar-refractivity contribution in [2.45, 2.75) is 38.3 Å². The van der Waals surface area contributed by atoms with Gasteiger partial charge in [-0.05, 0) is 43.9 Å². The summed E-state index contributed by atoms with van der Waals surface area (Å²) in [6.45, 7) is 2.88. The van der Waals surface area contributed by atoms with Crippen LogP contribution in [-0.4, -0.2) is 42.3 Å². The summed E-state index contributed by atoms with van der Waals surface area (Å²) in [6.07, 6.45) is 1.65. The van der Waals surface area contributed by atoms with E-state index in [9.17, 15) is 9.90 Å². The van der Waals surface area contributed by atoms with Crippen LogP contribution in [0.15, 0.2) is 35.6 Å². The Bertz CT molecular complexity index is 625. The molecule has 2 heterocycles. The van der Waals surface area contributed by atoms with Gasteiger partial charge < -0.3 is 19.5 Å². The normalized spacial score (nSPS) is 24.6. The fourth-order valence-electron chi connectivity index (χ4n) is 3.37. The van der Waals surface area contributed by atoms with Gasteiger partial charge >= 0.3 is 0 Å². The third-order valence-electron chi connectivity index (χ3n) is 4.59. The van der Waals surface area contributed by atoms with Crippen molar-refractivity contribution < 1.29 is 19.4 Å². The van der Waals surface area contributed by atoms with E-state index in [0.717, 1.165) is 29.7 Å². The molecule has 1 aromatic carbocycles. The molecule has 0 radical (unpaired) electrons. The summed E-state index contributed by atoms with van der Waals surface area (Å²) in [5.41, 5.74) is 1.72. The predicted octanol–water partition coefficient (Wildman–Crippen LogP) is 2.41. The summed E-state index contributed by atoms with van der Waals surface area (Å²) in [4.78, 5) is 14.7. The number of aliphatic hydroxyl groups is 1. The van der Waals surface area contributed by atoms with Crippen LogP contribution in [-0.2, 0) is 9.53 Å². The van der Waals surface area contributed by atoms with E-state index in [4.69, 9.17) is 9.47 Å². The standard InChI is InChI=1S/C18H23NO4/c1-12-16(7-4-8-23-12)18(21)19-11-14(20)10-17(19)13-5-3-6-15(9-13)22-2/h3,5-6,9,14,17,20H,4,7-8,10-11H2,1-2H3/t14-,17-/m1/s1. The second kappa shape index (κ2) is 6.62. The molecule has 0 saturated carbocycles. The number of carbonyl (C=O) groups is 1. The summed E-state index contributed by atoms with van der Waals surface area (Å²) < 4.78 is 10.8. The fraction of sp³-hybridized carbons (Fsp3) is 0.500. The van der Waals surface area contributed by atoms with Crippen molar-refractivity contribution in [3.05, 3.63) is 41.2 Å². The van der Waals surface area contributed by atoms with E-state index < -0.39 is 6.10 Å². The van der Waals surface area contributed by atoms with Crippen LogP contribution in [0.3, 0.4) is 0 Å². The van der Waals surface area contributed by atoms with E-state index in [2.05, 4.69) is 0 Å².